The SMILES string of the molecule is OCCOCCNCCCN1CCCC1. The van der Waals surface area contributed by atoms with Gasteiger partial charge in [-0.25, -0.2) is 0 Å². The normalized spacial score (nSPS) is 17.4. The molecule has 4 nitrogen and oxygen atoms in total. The van der Waals surface area contributed by atoms with Gasteiger partial charge in [0.25, 0.3) is 0 Å². The van der Waals surface area contributed by atoms with Crippen molar-refractivity contribution in [3.63, 3.8) is 0 Å². The van der Waals surface area contributed by atoms with Gasteiger partial charge in [-0.3, -0.25) is 0 Å². The maximum atomic E-state index is 8.48. The summed E-state index contributed by atoms with van der Waals surface area (Å²) in [5, 5.41) is 11.8. The molecule has 15 heavy (non-hydrogen) atoms. The minimum absolute atomic E-state index is 0.120. The van der Waals surface area contributed by atoms with Crippen molar-refractivity contribution in [3.05, 3.63) is 0 Å². The zero-order valence-corrected chi connectivity index (χ0v) is 9.58. The van der Waals surface area contributed by atoms with Gasteiger partial charge in [-0.15, -0.1) is 0 Å². The molecule has 90 valence electrons. The summed E-state index contributed by atoms with van der Waals surface area (Å²) in [7, 11) is 0. The van der Waals surface area contributed by atoms with E-state index in [1.165, 1.54) is 38.9 Å². The average Bonchev–Trinajstić information content (AvgIpc) is 2.75. The fraction of sp³-hybridized carbons (Fsp3) is 1.00. The van der Waals surface area contributed by atoms with E-state index in [1.807, 2.05) is 0 Å². The molecule has 0 amide bonds. The van der Waals surface area contributed by atoms with E-state index in [1.54, 1.807) is 0 Å². The number of aliphatic hydroxyl groups is 1. The van der Waals surface area contributed by atoms with Gasteiger partial charge in [-0.1, -0.05) is 0 Å². The lowest BCUT2D eigenvalue weighted by atomic mass is 10.4. The van der Waals surface area contributed by atoms with Crippen molar-refractivity contribution in [3.8, 4) is 0 Å². The molecular formula is C11H24N2O2. The second kappa shape index (κ2) is 9.09. The lowest BCUT2D eigenvalue weighted by Gasteiger charge is -2.14. The Hall–Kier alpha value is -0.160. The van der Waals surface area contributed by atoms with Crippen molar-refractivity contribution in [2.24, 2.45) is 0 Å². The summed E-state index contributed by atoms with van der Waals surface area (Å²) >= 11 is 0. The van der Waals surface area contributed by atoms with Crippen LogP contribution in [0, 0.1) is 0 Å². The van der Waals surface area contributed by atoms with Gasteiger partial charge < -0.3 is 20.1 Å². The fourth-order valence-electron chi connectivity index (χ4n) is 1.87. The van der Waals surface area contributed by atoms with Crippen LogP contribution in [-0.4, -0.2) is 62.6 Å². The van der Waals surface area contributed by atoms with Gasteiger partial charge in [0, 0.05) is 6.54 Å². The number of nitrogens with zero attached hydrogens (tertiary/aromatic N) is 1. The Kier molecular flexibility index (Phi) is 7.83. The van der Waals surface area contributed by atoms with Crippen molar-refractivity contribution < 1.29 is 9.84 Å². The zero-order valence-electron chi connectivity index (χ0n) is 9.58. The third-order valence-corrected chi connectivity index (χ3v) is 2.69. The first-order valence-corrected chi connectivity index (χ1v) is 6.05. The molecular weight excluding hydrogens is 192 g/mol. The predicted octanol–water partition coefficient (Wildman–Crippen LogP) is 0.0708. The summed E-state index contributed by atoms with van der Waals surface area (Å²) in [6.07, 6.45) is 3.98. The van der Waals surface area contributed by atoms with E-state index in [2.05, 4.69) is 10.2 Å². The van der Waals surface area contributed by atoms with Crippen LogP contribution in [0.15, 0.2) is 0 Å². The standard InChI is InChI=1S/C11H24N2O2/c14-9-11-15-10-5-12-4-3-8-13-6-1-2-7-13/h12,14H,1-11H2. The molecule has 0 unspecified atom stereocenters. The molecule has 1 aliphatic heterocycles. The fourth-order valence-corrected chi connectivity index (χ4v) is 1.87. The van der Waals surface area contributed by atoms with Gasteiger partial charge in [0.15, 0.2) is 0 Å². The number of ether oxygens (including phenoxy) is 1. The van der Waals surface area contributed by atoms with Gasteiger partial charge in [-0.2, -0.15) is 0 Å². The molecule has 1 heterocycles. The van der Waals surface area contributed by atoms with Crippen LogP contribution >= 0.6 is 0 Å². The van der Waals surface area contributed by atoms with E-state index in [9.17, 15) is 0 Å². The van der Waals surface area contributed by atoms with E-state index in [4.69, 9.17) is 9.84 Å². The topological polar surface area (TPSA) is 44.7 Å². The summed E-state index contributed by atoms with van der Waals surface area (Å²) in [6, 6.07) is 0. The third-order valence-electron chi connectivity index (χ3n) is 2.69. The number of likely N-dealkylation sites (tertiary alicyclic amines) is 1. The molecule has 0 bridgehead atoms. The second-order valence-electron chi connectivity index (χ2n) is 3.99. The molecule has 0 aromatic carbocycles. The highest BCUT2D eigenvalue weighted by Gasteiger charge is 2.09. The molecule has 1 fully saturated rings. The smallest absolute Gasteiger partial charge is 0.0698 e. The molecule has 0 saturated carbocycles. The van der Waals surface area contributed by atoms with Crippen molar-refractivity contribution in [1.29, 1.82) is 0 Å². The minimum Gasteiger partial charge on any atom is -0.394 e. The van der Waals surface area contributed by atoms with Gasteiger partial charge in [0.1, 0.15) is 0 Å². The van der Waals surface area contributed by atoms with Gasteiger partial charge >= 0.3 is 0 Å². The van der Waals surface area contributed by atoms with E-state index in [0.29, 0.717) is 13.2 Å². The highest BCUT2D eigenvalue weighted by molar-refractivity contribution is 4.66. The summed E-state index contributed by atoms with van der Waals surface area (Å²) in [4.78, 5) is 2.53. The maximum Gasteiger partial charge on any atom is 0.0698 e. The first kappa shape index (κ1) is 12.9. The number of nitrogens with one attached hydrogen (secondary N) is 1. The van der Waals surface area contributed by atoms with E-state index < -0.39 is 0 Å². The molecule has 2 N–H and O–H groups in total. The lowest BCUT2D eigenvalue weighted by molar-refractivity contribution is 0.0939. The quantitative estimate of drug-likeness (QED) is 0.535. The predicted molar refractivity (Wildman–Crippen MR) is 61.1 cm³/mol. The summed E-state index contributed by atoms with van der Waals surface area (Å²) in [5.41, 5.74) is 0. The molecule has 0 aromatic rings. The van der Waals surface area contributed by atoms with Crippen LogP contribution in [0.3, 0.4) is 0 Å². The molecule has 1 aliphatic rings. The Morgan fingerprint density at radius 3 is 2.67 bits per heavy atom. The van der Waals surface area contributed by atoms with Gasteiger partial charge in [-0.05, 0) is 45.4 Å². The molecule has 0 aromatic heterocycles. The Balaban J connectivity index is 1.73. The van der Waals surface area contributed by atoms with Crippen LogP contribution < -0.4 is 5.32 Å². The highest BCUT2D eigenvalue weighted by Crippen LogP contribution is 2.06. The van der Waals surface area contributed by atoms with Crippen molar-refractivity contribution >= 4 is 0 Å². The summed E-state index contributed by atoms with van der Waals surface area (Å²) in [6.45, 7) is 7.04. The second-order valence-corrected chi connectivity index (χ2v) is 3.99. The van der Waals surface area contributed by atoms with Gasteiger partial charge in [0.05, 0.1) is 19.8 Å². The first-order chi connectivity index (χ1) is 7.43. The largest absolute Gasteiger partial charge is 0.394 e. The van der Waals surface area contributed by atoms with Crippen LogP contribution in [0.1, 0.15) is 19.3 Å². The maximum absolute atomic E-state index is 8.48. The number of hydrogen-bond donors (Lipinski definition) is 2. The lowest BCUT2D eigenvalue weighted by Crippen LogP contribution is -2.26. The van der Waals surface area contributed by atoms with Crippen LogP contribution in [-0.2, 0) is 4.74 Å². The van der Waals surface area contributed by atoms with Crippen LogP contribution in [0.25, 0.3) is 0 Å². The minimum atomic E-state index is 0.120. The number of aliphatic hydroxyl groups excluding tert-OH is 1. The van der Waals surface area contributed by atoms with Crippen LogP contribution in [0.2, 0.25) is 0 Å². The Bertz CT molecular complexity index is 139. The molecule has 4 heteroatoms. The monoisotopic (exact) mass is 216 g/mol. The molecule has 1 rings (SSSR count). The van der Waals surface area contributed by atoms with Crippen molar-refractivity contribution in [1.82, 2.24) is 10.2 Å². The Morgan fingerprint density at radius 2 is 1.93 bits per heavy atom. The third kappa shape index (κ3) is 6.84. The Morgan fingerprint density at radius 1 is 1.13 bits per heavy atom. The van der Waals surface area contributed by atoms with Gasteiger partial charge in [0.2, 0.25) is 0 Å². The first-order valence-electron chi connectivity index (χ1n) is 6.05. The van der Waals surface area contributed by atoms with Crippen LogP contribution in [0.4, 0.5) is 0 Å². The molecule has 0 atom stereocenters. The number of rotatable bonds is 9. The Labute approximate surface area is 92.6 Å². The average molecular weight is 216 g/mol. The molecule has 0 aliphatic carbocycles. The highest BCUT2D eigenvalue weighted by atomic mass is 16.5. The van der Waals surface area contributed by atoms with E-state index >= 15 is 0 Å². The number of hydrogen-bond acceptors (Lipinski definition) is 4. The zero-order chi connectivity index (χ0) is 10.8. The van der Waals surface area contributed by atoms with E-state index in [-0.39, 0.29) is 6.61 Å². The van der Waals surface area contributed by atoms with E-state index in [0.717, 1.165) is 13.1 Å². The molecule has 0 spiro atoms. The van der Waals surface area contributed by atoms with Crippen molar-refractivity contribution in [2.75, 3.05) is 52.5 Å². The van der Waals surface area contributed by atoms with Crippen molar-refractivity contribution in [2.45, 2.75) is 19.3 Å². The molecule has 0 radical (unpaired) electrons. The summed E-state index contributed by atoms with van der Waals surface area (Å²) < 4.78 is 5.14. The summed E-state index contributed by atoms with van der Waals surface area (Å²) in [5.74, 6) is 0. The molecule has 1 saturated heterocycles. The van der Waals surface area contributed by atoms with Crippen LogP contribution in [0.5, 0.6) is 0 Å².